The third-order valence-electron chi connectivity index (χ3n) is 14.9. The highest BCUT2D eigenvalue weighted by Gasteiger charge is 2.18. The van der Waals surface area contributed by atoms with E-state index in [9.17, 15) is 19.8 Å². The van der Waals surface area contributed by atoms with E-state index >= 15 is 0 Å². The number of hydrogen-bond acceptors (Lipinski definition) is 5. The first-order chi connectivity index (χ1) is 35.5. The summed E-state index contributed by atoms with van der Waals surface area (Å²) in [7, 11) is 0. The van der Waals surface area contributed by atoms with Crippen LogP contribution in [0, 0.1) is 0 Å². The second-order valence-electron chi connectivity index (χ2n) is 22.1. The number of carbonyl (C=O) groups excluding carboxylic acids is 2. The van der Waals surface area contributed by atoms with E-state index in [1.807, 2.05) is 6.08 Å². The molecule has 6 nitrogen and oxygen atoms in total. The van der Waals surface area contributed by atoms with Crippen molar-refractivity contribution >= 4 is 11.9 Å². The zero-order valence-corrected chi connectivity index (χ0v) is 48.4. The molecule has 0 aliphatic heterocycles. The second kappa shape index (κ2) is 61.6. The molecule has 0 spiro atoms. The Morgan fingerprint density at radius 3 is 1.08 bits per heavy atom. The summed E-state index contributed by atoms with van der Waals surface area (Å²) in [6.07, 6.45) is 77.6. The van der Waals surface area contributed by atoms with Crippen LogP contribution in [0.3, 0.4) is 0 Å². The number of hydrogen-bond donors (Lipinski definition) is 3. The zero-order valence-electron chi connectivity index (χ0n) is 48.4. The summed E-state index contributed by atoms with van der Waals surface area (Å²) in [4.78, 5) is 24.6. The lowest BCUT2D eigenvalue weighted by molar-refractivity contribution is -0.143. The lowest BCUT2D eigenvalue weighted by Crippen LogP contribution is -2.45. The number of esters is 1. The number of amides is 1. The summed E-state index contributed by atoms with van der Waals surface area (Å²) in [5.41, 5.74) is 0. The summed E-state index contributed by atoms with van der Waals surface area (Å²) in [5.74, 6) is -0.0797. The van der Waals surface area contributed by atoms with Crippen LogP contribution in [0.4, 0.5) is 0 Å². The van der Waals surface area contributed by atoms with Gasteiger partial charge in [-0.25, -0.2) is 0 Å². The van der Waals surface area contributed by atoms with Crippen molar-refractivity contribution in [1.82, 2.24) is 5.32 Å². The molecule has 0 aromatic rings. The van der Waals surface area contributed by atoms with E-state index in [0.29, 0.717) is 19.4 Å². The average molecular weight is 1010 g/mol. The van der Waals surface area contributed by atoms with Crippen molar-refractivity contribution in [2.24, 2.45) is 0 Å². The molecule has 0 bridgehead atoms. The SMILES string of the molecule is CCCCC/C=C\C/C=C\CCCCCCCC(=O)OCCCCCCCCCCCCCCCCCCCC(=O)NC(CO)C(O)/C=C/CCCCCCCCCCCCCCCCCCCCCCC. The van der Waals surface area contributed by atoms with E-state index in [0.717, 1.165) is 51.4 Å². The molecule has 6 heteroatoms. The molecule has 0 saturated carbocycles. The van der Waals surface area contributed by atoms with E-state index < -0.39 is 12.1 Å². The Bertz CT molecular complexity index is 1170. The van der Waals surface area contributed by atoms with Gasteiger partial charge in [0.1, 0.15) is 0 Å². The fraction of sp³-hybridized carbons (Fsp3) is 0.879. The summed E-state index contributed by atoms with van der Waals surface area (Å²) in [5, 5.41) is 23.2. The molecule has 0 aliphatic carbocycles. The van der Waals surface area contributed by atoms with Gasteiger partial charge >= 0.3 is 5.97 Å². The average Bonchev–Trinajstić information content (AvgIpc) is 3.38. The lowest BCUT2D eigenvalue weighted by atomic mass is 10.0. The van der Waals surface area contributed by atoms with Crippen LogP contribution in [0.5, 0.6) is 0 Å². The van der Waals surface area contributed by atoms with Crippen LogP contribution in [0.25, 0.3) is 0 Å². The highest BCUT2D eigenvalue weighted by atomic mass is 16.5. The van der Waals surface area contributed by atoms with Crippen LogP contribution in [-0.4, -0.2) is 47.4 Å². The maximum Gasteiger partial charge on any atom is 0.305 e. The van der Waals surface area contributed by atoms with Crippen molar-refractivity contribution in [1.29, 1.82) is 0 Å². The summed E-state index contributed by atoms with van der Waals surface area (Å²) in [6, 6.07) is -0.634. The van der Waals surface area contributed by atoms with Crippen LogP contribution in [0.1, 0.15) is 348 Å². The highest BCUT2D eigenvalue weighted by molar-refractivity contribution is 5.76. The number of rotatable bonds is 60. The quantitative estimate of drug-likeness (QED) is 0.0320. The first-order valence-electron chi connectivity index (χ1n) is 32.3. The van der Waals surface area contributed by atoms with Crippen molar-refractivity contribution in [3.63, 3.8) is 0 Å². The summed E-state index contributed by atoms with van der Waals surface area (Å²) >= 11 is 0. The van der Waals surface area contributed by atoms with E-state index in [4.69, 9.17) is 4.74 Å². The Morgan fingerprint density at radius 1 is 0.389 bits per heavy atom. The fourth-order valence-electron chi connectivity index (χ4n) is 9.96. The molecule has 0 radical (unpaired) electrons. The molecule has 0 rings (SSSR count). The van der Waals surface area contributed by atoms with Crippen LogP contribution >= 0.6 is 0 Å². The van der Waals surface area contributed by atoms with Crippen LogP contribution in [0.2, 0.25) is 0 Å². The van der Waals surface area contributed by atoms with Gasteiger partial charge in [0.05, 0.1) is 25.4 Å². The lowest BCUT2D eigenvalue weighted by Gasteiger charge is -2.20. The van der Waals surface area contributed by atoms with Gasteiger partial charge in [0.15, 0.2) is 0 Å². The van der Waals surface area contributed by atoms with Crippen LogP contribution in [0.15, 0.2) is 36.5 Å². The number of nitrogens with one attached hydrogen (secondary N) is 1. The van der Waals surface area contributed by atoms with Crippen molar-refractivity contribution in [3.8, 4) is 0 Å². The molecular formula is C66H125NO5. The van der Waals surface area contributed by atoms with E-state index in [-0.39, 0.29) is 18.5 Å². The van der Waals surface area contributed by atoms with E-state index in [2.05, 4.69) is 43.5 Å². The summed E-state index contributed by atoms with van der Waals surface area (Å²) < 4.78 is 5.47. The maximum atomic E-state index is 12.5. The van der Waals surface area contributed by atoms with Gasteiger partial charge in [-0.1, -0.05) is 307 Å². The standard InChI is InChI=1S/C66H125NO5/c1-3-5-7-9-11-13-15-17-19-20-21-22-23-24-25-27-31-34-38-42-46-50-54-58-64(69)63(62-68)67-65(70)59-55-51-47-43-39-35-32-28-26-29-33-37-41-45-49-53-57-61-72-66(71)60-56-52-48-44-40-36-30-18-16-14-12-10-8-6-4-2/h12,14,18,30,54,58,63-64,68-69H,3-11,13,15-17,19-29,31-53,55-57,59-62H2,1-2H3,(H,67,70)/b14-12-,30-18-,58-54+. The molecule has 0 aliphatic rings. The number of unbranched alkanes of at least 4 members (excludes halogenated alkanes) is 45. The normalized spacial score (nSPS) is 12.8. The minimum atomic E-state index is -0.850. The molecule has 0 saturated heterocycles. The maximum absolute atomic E-state index is 12.5. The highest BCUT2D eigenvalue weighted by Crippen LogP contribution is 2.18. The third kappa shape index (κ3) is 57.4. The van der Waals surface area contributed by atoms with Crippen LogP contribution < -0.4 is 5.32 Å². The molecule has 0 fully saturated rings. The monoisotopic (exact) mass is 1010 g/mol. The molecule has 1 amide bonds. The Hall–Kier alpha value is -1.92. The van der Waals surface area contributed by atoms with Crippen LogP contribution in [-0.2, 0) is 14.3 Å². The van der Waals surface area contributed by atoms with Gasteiger partial charge in [-0.2, -0.15) is 0 Å². The third-order valence-corrected chi connectivity index (χ3v) is 14.9. The van der Waals surface area contributed by atoms with Gasteiger partial charge in [-0.15, -0.1) is 0 Å². The van der Waals surface area contributed by atoms with Gasteiger partial charge in [0.25, 0.3) is 0 Å². The number of allylic oxidation sites excluding steroid dienone is 5. The fourth-order valence-corrected chi connectivity index (χ4v) is 9.96. The molecule has 3 N–H and O–H groups in total. The summed E-state index contributed by atoms with van der Waals surface area (Å²) in [6.45, 7) is 4.88. The largest absolute Gasteiger partial charge is 0.466 e. The minimum absolute atomic E-state index is 0.00908. The van der Waals surface area contributed by atoms with Gasteiger partial charge in [-0.3, -0.25) is 9.59 Å². The molecule has 0 aromatic carbocycles. The number of aliphatic hydroxyl groups excluding tert-OH is 2. The van der Waals surface area contributed by atoms with Gasteiger partial charge in [0.2, 0.25) is 5.91 Å². The number of ether oxygens (including phenoxy) is 1. The van der Waals surface area contributed by atoms with Crippen molar-refractivity contribution in [2.75, 3.05) is 13.2 Å². The Labute approximate surface area is 449 Å². The number of aliphatic hydroxyl groups is 2. The molecule has 2 atom stereocenters. The van der Waals surface area contributed by atoms with Crippen molar-refractivity contribution < 1.29 is 24.5 Å². The Balaban J connectivity index is 3.45. The van der Waals surface area contributed by atoms with Crippen molar-refractivity contribution in [2.45, 2.75) is 360 Å². The number of carbonyl (C=O) groups is 2. The molecular weight excluding hydrogens is 887 g/mol. The molecule has 0 aromatic heterocycles. The Morgan fingerprint density at radius 2 is 0.694 bits per heavy atom. The van der Waals surface area contributed by atoms with Crippen molar-refractivity contribution in [3.05, 3.63) is 36.5 Å². The van der Waals surface area contributed by atoms with Gasteiger partial charge in [0, 0.05) is 12.8 Å². The Kier molecular flexibility index (Phi) is 60.0. The second-order valence-corrected chi connectivity index (χ2v) is 22.1. The first-order valence-corrected chi connectivity index (χ1v) is 32.3. The molecule has 424 valence electrons. The smallest absolute Gasteiger partial charge is 0.305 e. The molecule has 72 heavy (non-hydrogen) atoms. The van der Waals surface area contributed by atoms with Gasteiger partial charge in [-0.05, 0) is 64.2 Å². The zero-order chi connectivity index (χ0) is 52.2. The van der Waals surface area contributed by atoms with Gasteiger partial charge < -0.3 is 20.3 Å². The van der Waals surface area contributed by atoms with E-state index in [1.54, 1.807) is 6.08 Å². The topological polar surface area (TPSA) is 95.9 Å². The predicted octanol–water partition coefficient (Wildman–Crippen LogP) is 20.4. The molecule has 0 heterocycles. The molecule has 2 unspecified atom stereocenters. The predicted molar refractivity (Wildman–Crippen MR) is 315 cm³/mol. The minimum Gasteiger partial charge on any atom is -0.466 e. The van der Waals surface area contributed by atoms with E-state index in [1.165, 1.54) is 270 Å². The first kappa shape index (κ1) is 70.1.